The van der Waals surface area contributed by atoms with Crippen LogP contribution in [0.15, 0.2) is 48.5 Å². The normalized spacial score (nSPS) is 18.1. The van der Waals surface area contributed by atoms with E-state index in [2.05, 4.69) is 38.3 Å². The lowest BCUT2D eigenvalue weighted by Crippen LogP contribution is -2.46. The fourth-order valence-electron chi connectivity index (χ4n) is 5.25. The third-order valence-electron chi connectivity index (χ3n) is 7.16. The first-order chi connectivity index (χ1) is 18.8. The number of rotatable bonds is 6. The van der Waals surface area contributed by atoms with Crippen LogP contribution < -0.4 is 10.6 Å². The molecule has 1 aromatic heterocycles. The molecule has 2 aliphatic rings. The van der Waals surface area contributed by atoms with Crippen LogP contribution >= 0.6 is 0 Å². The van der Waals surface area contributed by atoms with Crippen molar-refractivity contribution in [3.8, 4) is 11.3 Å². The summed E-state index contributed by atoms with van der Waals surface area (Å²) >= 11 is 0. The van der Waals surface area contributed by atoms with E-state index in [0.29, 0.717) is 24.5 Å². The molecule has 0 radical (unpaired) electrons. The summed E-state index contributed by atoms with van der Waals surface area (Å²) in [6, 6.07) is 16.4. The molecule has 3 aromatic rings. The number of anilines is 1. The third kappa shape index (κ3) is 7.03. The van der Waals surface area contributed by atoms with Crippen molar-refractivity contribution in [2.45, 2.75) is 58.1 Å². The molecule has 0 saturated carbocycles. The van der Waals surface area contributed by atoms with Crippen molar-refractivity contribution in [1.82, 2.24) is 20.0 Å². The highest BCUT2D eigenvalue weighted by molar-refractivity contribution is 6.02. The van der Waals surface area contributed by atoms with Gasteiger partial charge in [0.2, 0.25) is 12.3 Å². The Balaban J connectivity index is 0.000000448. The lowest BCUT2D eigenvalue weighted by molar-refractivity contribution is -0.139. The average molecular weight is 534 g/mol. The molecule has 1 atom stereocenters. The zero-order valence-electron chi connectivity index (χ0n) is 23.1. The van der Waals surface area contributed by atoms with E-state index >= 15 is 0 Å². The molecule has 2 aromatic carbocycles. The topological polar surface area (TPSA) is 106 Å². The first-order valence-electron chi connectivity index (χ1n) is 13.7. The molecule has 1 unspecified atom stereocenters. The summed E-state index contributed by atoms with van der Waals surface area (Å²) in [7, 11) is 0. The summed E-state index contributed by atoms with van der Waals surface area (Å²) in [5, 5.41) is 12.1. The fourth-order valence-corrected chi connectivity index (χ4v) is 5.25. The third-order valence-corrected chi connectivity index (χ3v) is 7.16. The minimum absolute atomic E-state index is 0.115. The Morgan fingerprint density at radius 3 is 2.38 bits per heavy atom. The first kappa shape index (κ1) is 28.3. The summed E-state index contributed by atoms with van der Waals surface area (Å²) in [4.78, 5) is 35.7. The Labute approximate surface area is 229 Å². The molecular formula is C30H39N5O4. The molecule has 0 aliphatic carbocycles. The zero-order valence-corrected chi connectivity index (χ0v) is 23.1. The number of carbonyl (C=O) groups is 3. The van der Waals surface area contributed by atoms with Gasteiger partial charge in [0.25, 0.3) is 6.47 Å². The van der Waals surface area contributed by atoms with Gasteiger partial charge in [-0.1, -0.05) is 42.5 Å². The van der Waals surface area contributed by atoms with Crippen molar-refractivity contribution >= 4 is 35.4 Å². The maximum Gasteiger partial charge on any atom is 0.293 e. The molecule has 2 saturated heterocycles. The number of piperidine rings is 2. The van der Waals surface area contributed by atoms with Gasteiger partial charge in [0.1, 0.15) is 11.1 Å². The maximum atomic E-state index is 13.0. The second-order valence-electron chi connectivity index (χ2n) is 11.0. The van der Waals surface area contributed by atoms with E-state index < -0.39 is 0 Å². The van der Waals surface area contributed by atoms with E-state index in [-0.39, 0.29) is 17.6 Å². The van der Waals surface area contributed by atoms with E-state index in [1.54, 1.807) is 0 Å². The van der Waals surface area contributed by atoms with Gasteiger partial charge >= 0.3 is 0 Å². The molecule has 2 amide bonds. The molecule has 5 rings (SSSR count). The molecule has 39 heavy (non-hydrogen) atoms. The largest absolute Gasteiger partial charge is 0.462 e. The van der Waals surface area contributed by atoms with Crippen molar-refractivity contribution < 1.29 is 19.1 Å². The van der Waals surface area contributed by atoms with Gasteiger partial charge in [-0.25, -0.2) is 0 Å². The van der Waals surface area contributed by atoms with Crippen LogP contribution in [0.4, 0.5) is 5.69 Å². The monoisotopic (exact) mass is 533 g/mol. The van der Waals surface area contributed by atoms with Crippen LogP contribution in [-0.4, -0.2) is 65.2 Å². The lowest BCUT2D eigenvalue weighted by atomic mass is 9.96. The first-order valence-corrected chi connectivity index (χ1v) is 13.7. The Bertz CT molecular complexity index is 1250. The highest BCUT2D eigenvalue weighted by Crippen LogP contribution is 2.37. The minimum atomic E-state index is -0.318. The Hall–Kier alpha value is -3.72. The van der Waals surface area contributed by atoms with Crippen LogP contribution in [0.3, 0.4) is 0 Å². The number of fused-ring (bicyclic) bond motifs is 1. The second-order valence-corrected chi connectivity index (χ2v) is 11.0. The predicted molar refractivity (Wildman–Crippen MR) is 152 cm³/mol. The number of hydrogen-bond donors (Lipinski definition) is 2. The Kier molecular flexibility index (Phi) is 9.35. The van der Waals surface area contributed by atoms with Crippen molar-refractivity contribution in [3.05, 3.63) is 48.5 Å². The standard InChI is InChI=1S/C25H29N5O2.C5H10O2/c31-17-27-22-10-4-9-21-23(22)28-30(24(21)18-6-2-1-3-7-18)20-11-14-29(15-12-20)25(32)19-8-5-13-26-16-19;1-5(2,3)7-4-6/h1-4,6-7,9-10,17,19-20,26H,5,8,11-16H2,(H,27,31);4H,1-3H3. The molecule has 0 spiro atoms. The fraction of sp³-hybridized carbons (Fsp3) is 0.467. The molecule has 2 aliphatic heterocycles. The number of ether oxygens (including phenoxy) is 1. The molecule has 9 nitrogen and oxygen atoms in total. The summed E-state index contributed by atoms with van der Waals surface area (Å²) in [5.41, 5.74) is 3.36. The number of carbonyl (C=O) groups excluding carboxylic acids is 3. The van der Waals surface area contributed by atoms with Crippen molar-refractivity contribution in [3.63, 3.8) is 0 Å². The van der Waals surface area contributed by atoms with Crippen LogP contribution in [0, 0.1) is 5.92 Å². The summed E-state index contributed by atoms with van der Waals surface area (Å²) in [6.45, 7) is 9.24. The molecule has 9 heteroatoms. The van der Waals surface area contributed by atoms with Crippen molar-refractivity contribution in [1.29, 1.82) is 0 Å². The van der Waals surface area contributed by atoms with Gasteiger partial charge in [0.15, 0.2) is 0 Å². The van der Waals surface area contributed by atoms with E-state index in [1.807, 2.05) is 56.0 Å². The second kappa shape index (κ2) is 12.9. The maximum absolute atomic E-state index is 13.0. The molecule has 2 N–H and O–H groups in total. The number of likely N-dealkylation sites (tertiary alicyclic amines) is 1. The number of aromatic nitrogens is 2. The number of hydrogen-bond acceptors (Lipinski definition) is 6. The molecule has 0 bridgehead atoms. The van der Waals surface area contributed by atoms with Gasteiger partial charge in [0.05, 0.1) is 23.3 Å². The molecule has 3 heterocycles. The average Bonchev–Trinajstić information content (AvgIpc) is 3.34. The van der Waals surface area contributed by atoms with Gasteiger partial charge in [-0.3, -0.25) is 19.1 Å². The van der Waals surface area contributed by atoms with Crippen LogP contribution in [0.5, 0.6) is 0 Å². The Morgan fingerprint density at radius 1 is 1.05 bits per heavy atom. The van der Waals surface area contributed by atoms with E-state index in [0.717, 1.165) is 74.0 Å². The molecule has 2 fully saturated rings. The van der Waals surface area contributed by atoms with Crippen LogP contribution in [0.1, 0.15) is 52.5 Å². The predicted octanol–water partition coefficient (Wildman–Crippen LogP) is 4.39. The SMILES string of the molecule is CC(C)(C)OC=O.O=CNc1cccc2c(-c3ccccc3)n(C3CCN(C(=O)C4CCCNC4)CC3)nc12. The smallest absolute Gasteiger partial charge is 0.293 e. The van der Waals surface area contributed by atoms with Gasteiger partial charge in [-0.05, 0) is 59.1 Å². The van der Waals surface area contributed by atoms with Gasteiger partial charge in [-0.15, -0.1) is 0 Å². The zero-order chi connectivity index (χ0) is 27.8. The van der Waals surface area contributed by atoms with Crippen LogP contribution in [0.25, 0.3) is 22.2 Å². The number of nitrogens with zero attached hydrogens (tertiary/aromatic N) is 3. The van der Waals surface area contributed by atoms with Crippen molar-refractivity contribution in [2.75, 3.05) is 31.5 Å². The van der Waals surface area contributed by atoms with E-state index in [4.69, 9.17) is 5.10 Å². The van der Waals surface area contributed by atoms with Crippen molar-refractivity contribution in [2.24, 2.45) is 5.92 Å². The minimum Gasteiger partial charge on any atom is -0.462 e. The van der Waals surface area contributed by atoms with Gasteiger partial charge in [0, 0.05) is 30.6 Å². The van der Waals surface area contributed by atoms with Crippen LogP contribution in [0.2, 0.25) is 0 Å². The number of benzene rings is 2. The van der Waals surface area contributed by atoms with E-state index in [9.17, 15) is 14.4 Å². The van der Waals surface area contributed by atoms with Gasteiger partial charge < -0.3 is 20.3 Å². The quantitative estimate of drug-likeness (QED) is 0.455. The van der Waals surface area contributed by atoms with Crippen LogP contribution in [-0.2, 0) is 19.1 Å². The van der Waals surface area contributed by atoms with Gasteiger partial charge in [-0.2, -0.15) is 5.10 Å². The van der Waals surface area contributed by atoms with E-state index in [1.165, 1.54) is 0 Å². The highest BCUT2D eigenvalue weighted by atomic mass is 16.5. The number of nitrogens with one attached hydrogen (secondary N) is 2. The summed E-state index contributed by atoms with van der Waals surface area (Å²) in [5.74, 6) is 0.409. The summed E-state index contributed by atoms with van der Waals surface area (Å²) < 4.78 is 6.67. The Morgan fingerprint density at radius 2 is 1.79 bits per heavy atom. The molecule has 208 valence electrons. The summed E-state index contributed by atoms with van der Waals surface area (Å²) in [6.07, 6.45) is 4.50. The number of amides is 2. The lowest BCUT2D eigenvalue weighted by Gasteiger charge is -2.35. The molecular weight excluding hydrogens is 494 g/mol. The highest BCUT2D eigenvalue weighted by Gasteiger charge is 2.31.